The minimum atomic E-state index is -0.618. The average Bonchev–Trinajstić information content (AvgIpc) is 3.38. The number of cyclic esters (lactones) is 1. The fraction of sp³-hybridized carbons (Fsp3) is 0.710. The molecule has 5 rings (SSSR count). The van der Waals surface area contributed by atoms with Gasteiger partial charge < -0.3 is 25.2 Å². The van der Waals surface area contributed by atoms with E-state index in [2.05, 4.69) is 10.6 Å². The maximum atomic E-state index is 14.0. The minimum Gasteiger partial charge on any atom is -0.448 e. The highest BCUT2D eigenvalue weighted by atomic mass is 35.5. The van der Waals surface area contributed by atoms with Crippen LogP contribution in [0.1, 0.15) is 76.2 Å². The number of piperidine rings is 2. The Morgan fingerprint density at radius 2 is 1.75 bits per heavy atom. The molecule has 4 aliphatic rings. The Bertz CT molecular complexity index is 1010. The van der Waals surface area contributed by atoms with Gasteiger partial charge in [-0.15, -0.1) is 0 Å². The second kappa shape index (κ2) is 13.6. The first-order valence-electron chi connectivity index (χ1n) is 15.4. The molecule has 40 heavy (non-hydrogen) atoms. The molecule has 0 aromatic heterocycles. The van der Waals surface area contributed by atoms with E-state index in [1.807, 2.05) is 34.1 Å². The minimum absolute atomic E-state index is 0.0160. The van der Waals surface area contributed by atoms with Gasteiger partial charge in [0.15, 0.2) is 0 Å². The molecule has 0 bridgehead atoms. The van der Waals surface area contributed by atoms with Gasteiger partial charge in [0.2, 0.25) is 11.8 Å². The molecule has 1 saturated carbocycles. The monoisotopic (exact) mass is 572 g/mol. The number of nitrogens with zero attached hydrogens (tertiary/aromatic N) is 2. The molecular formula is C31H45ClN4O4. The van der Waals surface area contributed by atoms with Crippen LogP contribution in [0.5, 0.6) is 0 Å². The molecule has 3 heterocycles. The van der Waals surface area contributed by atoms with Gasteiger partial charge in [-0.3, -0.25) is 9.59 Å². The molecular weight excluding hydrogens is 528 g/mol. The Morgan fingerprint density at radius 1 is 1.02 bits per heavy atom. The smallest absolute Gasteiger partial charge is 0.409 e. The third kappa shape index (κ3) is 7.30. The molecule has 2 atom stereocenters. The number of rotatable bonds is 9. The Kier molecular flexibility index (Phi) is 9.89. The molecule has 0 spiro atoms. The van der Waals surface area contributed by atoms with Crippen molar-refractivity contribution in [3.8, 4) is 0 Å². The van der Waals surface area contributed by atoms with Crippen LogP contribution in [0.15, 0.2) is 24.3 Å². The van der Waals surface area contributed by atoms with Crippen molar-refractivity contribution in [2.45, 2.75) is 89.1 Å². The zero-order valence-electron chi connectivity index (χ0n) is 23.7. The predicted octanol–water partition coefficient (Wildman–Crippen LogP) is 4.54. The molecule has 3 aliphatic heterocycles. The Hall–Kier alpha value is -2.32. The van der Waals surface area contributed by atoms with Crippen molar-refractivity contribution in [1.29, 1.82) is 0 Å². The zero-order valence-corrected chi connectivity index (χ0v) is 24.4. The Balaban J connectivity index is 1.27. The lowest BCUT2D eigenvalue weighted by atomic mass is 9.63. The van der Waals surface area contributed by atoms with Crippen LogP contribution in [0.4, 0.5) is 4.79 Å². The fourth-order valence-electron chi connectivity index (χ4n) is 7.38. The highest BCUT2D eigenvalue weighted by Gasteiger charge is 2.45. The number of amides is 3. The summed E-state index contributed by atoms with van der Waals surface area (Å²) in [6, 6.07) is 7.06. The van der Waals surface area contributed by atoms with Crippen LogP contribution >= 0.6 is 11.6 Å². The van der Waals surface area contributed by atoms with Crippen LogP contribution < -0.4 is 10.6 Å². The van der Waals surface area contributed by atoms with E-state index in [1.54, 1.807) is 0 Å². The molecule has 1 aromatic rings. The summed E-state index contributed by atoms with van der Waals surface area (Å²) in [6.45, 7) is 4.08. The largest absolute Gasteiger partial charge is 0.448 e. The average molecular weight is 573 g/mol. The van der Waals surface area contributed by atoms with E-state index < -0.39 is 6.04 Å². The van der Waals surface area contributed by atoms with Crippen molar-refractivity contribution in [3.05, 3.63) is 34.9 Å². The summed E-state index contributed by atoms with van der Waals surface area (Å²) in [5.41, 5.74) is 0.988. The number of ether oxygens (including phenoxy) is 1. The zero-order chi connectivity index (χ0) is 28.0. The molecule has 4 fully saturated rings. The molecule has 1 unspecified atom stereocenters. The summed E-state index contributed by atoms with van der Waals surface area (Å²) in [5, 5.41) is 7.19. The number of benzene rings is 1. The van der Waals surface area contributed by atoms with E-state index in [0.29, 0.717) is 50.0 Å². The van der Waals surface area contributed by atoms with E-state index in [4.69, 9.17) is 16.3 Å². The number of likely N-dealkylation sites (tertiary alicyclic amines) is 1. The summed E-state index contributed by atoms with van der Waals surface area (Å²) in [6.07, 6.45) is 11.8. The lowest BCUT2D eigenvalue weighted by Gasteiger charge is -2.49. The number of hydrogen-bond acceptors (Lipinski definition) is 5. The molecule has 220 valence electrons. The number of halogens is 1. The summed E-state index contributed by atoms with van der Waals surface area (Å²) in [4.78, 5) is 43.3. The van der Waals surface area contributed by atoms with Crippen molar-refractivity contribution in [2.75, 3.05) is 39.3 Å². The summed E-state index contributed by atoms with van der Waals surface area (Å²) >= 11 is 6.10. The second-order valence-electron chi connectivity index (χ2n) is 12.4. The number of carbonyl (C=O) groups excluding carboxylic acids is 3. The molecule has 1 aromatic carbocycles. The number of nitrogens with one attached hydrogen (secondary N) is 2. The number of hydrogen-bond donors (Lipinski definition) is 2. The first-order valence-corrected chi connectivity index (χ1v) is 15.8. The predicted molar refractivity (Wildman–Crippen MR) is 155 cm³/mol. The SMILES string of the molecule is O=C(CC1CCCCN1)N[C@H](Cc1ccc(Cl)cc1)C(=O)N1CCC(CN2CCOC2=O)(C2CCCCC2)CC1. The third-order valence-electron chi connectivity index (χ3n) is 9.72. The van der Waals surface area contributed by atoms with Crippen LogP contribution in [-0.2, 0) is 20.7 Å². The molecule has 9 heteroatoms. The molecule has 0 radical (unpaired) electrons. The quantitative estimate of drug-likeness (QED) is 0.453. The van der Waals surface area contributed by atoms with E-state index in [1.165, 1.54) is 32.1 Å². The highest BCUT2D eigenvalue weighted by molar-refractivity contribution is 6.30. The van der Waals surface area contributed by atoms with Gasteiger partial charge in [0, 0.05) is 43.5 Å². The Morgan fingerprint density at radius 3 is 2.40 bits per heavy atom. The van der Waals surface area contributed by atoms with Crippen LogP contribution in [0.25, 0.3) is 0 Å². The van der Waals surface area contributed by atoms with Gasteiger partial charge in [-0.25, -0.2) is 4.79 Å². The van der Waals surface area contributed by atoms with Crippen molar-refractivity contribution in [1.82, 2.24) is 20.4 Å². The first-order chi connectivity index (χ1) is 19.4. The van der Waals surface area contributed by atoms with Crippen LogP contribution in [0.2, 0.25) is 5.02 Å². The first kappa shape index (κ1) is 29.2. The third-order valence-corrected chi connectivity index (χ3v) is 9.98. The second-order valence-corrected chi connectivity index (χ2v) is 12.8. The van der Waals surface area contributed by atoms with Gasteiger partial charge in [0.1, 0.15) is 12.6 Å². The summed E-state index contributed by atoms with van der Waals surface area (Å²) in [7, 11) is 0. The Labute approximate surface area is 243 Å². The maximum Gasteiger partial charge on any atom is 0.409 e. The van der Waals surface area contributed by atoms with Crippen molar-refractivity contribution < 1.29 is 19.1 Å². The summed E-state index contributed by atoms with van der Waals surface area (Å²) in [5.74, 6) is 0.477. The van der Waals surface area contributed by atoms with Gasteiger partial charge in [0.25, 0.3) is 0 Å². The van der Waals surface area contributed by atoms with Crippen LogP contribution in [0, 0.1) is 11.3 Å². The van der Waals surface area contributed by atoms with E-state index >= 15 is 0 Å². The lowest BCUT2D eigenvalue weighted by molar-refractivity contribution is -0.139. The molecule has 2 N–H and O–H groups in total. The molecule has 3 saturated heterocycles. The van der Waals surface area contributed by atoms with Crippen LogP contribution in [-0.4, -0.2) is 79.1 Å². The number of carbonyl (C=O) groups is 3. The van der Waals surface area contributed by atoms with Gasteiger partial charge in [0.05, 0.1) is 6.54 Å². The van der Waals surface area contributed by atoms with Crippen molar-refractivity contribution in [3.63, 3.8) is 0 Å². The van der Waals surface area contributed by atoms with E-state index in [-0.39, 0.29) is 29.4 Å². The molecule has 8 nitrogen and oxygen atoms in total. The summed E-state index contributed by atoms with van der Waals surface area (Å²) < 4.78 is 5.25. The van der Waals surface area contributed by atoms with Gasteiger partial charge in [-0.2, -0.15) is 0 Å². The van der Waals surface area contributed by atoms with Gasteiger partial charge in [-0.05, 0) is 74.1 Å². The fourth-order valence-corrected chi connectivity index (χ4v) is 7.51. The lowest BCUT2D eigenvalue weighted by Crippen LogP contribution is -2.56. The van der Waals surface area contributed by atoms with E-state index in [0.717, 1.165) is 50.8 Å². The molecule has 1 aliphatic carbocycles. The van der Waals surface area contributed by atoms with Gasteiger partial charge >= 0.3 is 6.09 Å². The topological polar surface area (TPSA) is 91.0 Å². The highest BCUT2D eigenvalue weighted by Crippen LogP contribution is 2.46. The van der Waals surface area contributed by atoms with Crippen LogP contribution in [0.3, 0.4) is 0 Å². The standard InChI is InChI=1S/C31H45ClN4O4/c32-25-11-9-23(10-12-25)20-27(34-28(37)21-26-8-4-5-15-33-26)29(38)35-16-13-31(14-17-35,24-6-2-1-3-7-24)22-36-18-19-40-30(36)39/h9-12,24,26-27,33H,1-8,13-22H2,(H,34,37)/t26?,27-/m1/s1. The van der Waals surface area contributed by atoms with Gasteiger partial charge in [-0.1, -0.05) is 49.4 Å². The van der Waals surface area contributed by atoms with Crippen molar-refractivity contribution in [2.24, 2.45) is 11.3 Å². The van der Waals surface area contributed by atoms with Crippen molar-refractivity contribution >= 4 is 29.5 Å². The molecule has 3 amide bonds. The van der Waals surface area contributed by atoms with E-state index in [9.17, 15) is 14.4 Å². The maximum absolute atomic E-state index is 14.0. The normalized spacial score (nSPS) is 24.4.